The Morgan fingerprint density at radius 2 is 1.85 bits per heavy atom. The molecule has 1 heterocycles. The van der Waals surface area contributed by atoms with E-state index in [0.717, 1.165) is 11.1 Å². The number of nitrogens with zero attached hydrogens (tertiary/aromatic N) is 1. The van der Waals surface area contributed by atoms with Gasteiger partial charge in [-0.05, 0) is 25.1 Å². The zero-order valence-electron chi connectivity index (χ0n) is 11.0. The number of rotatable bonds is 2. The van der Waals surface area contributed by atoms with Crippen molar-refractivity contribution < 1.29 is 9.84 Å². The van der Waals surface area contributed by atoms with E-state index < -0.39 is 5.72 Å². The van der Waals surface area contributed by atoms with Crippen LogP contribution in [0.2, 0.25) is 5.02 Å². The predicted molar refractivity (Wildman–Crippen MR) is 79.1 cm³/mol. The van der Waals surface area contributed by atoms with Crippen molar-refractivity contribution in [1.82, 2.24) is 0 Å². The van der Waals surface area contributed by atoms with Gasteiger partial charge < -0.3 is 9.84 Å². The highest BCUT2D eigenvalue weighted by Gasteiger charge is 2.40. The SMILES string of the molecule is CCOC1=NC(O)(c2ccc(Cl)cc2)c2ccccc21. The largest absolute Gasteiger partial charge is 0.478 e. The molecule has 0 saturated heterocycles. The van der Waals surface area contributed by atoms with E-state index in [1.807, 2.05) is 31.2 Å². The van der Waals surface area contributed by atoms with Gasteiger partial charge in [-0.25, -0.2) is 4.99 Å². The lowest BCUT2D eigenvalue weighted by Gasteiger charge is -2.21. The summed E-state index contributed by atoms with van der Waals surface area (Å²) in [7, 11) is 0. The Kier molecular flexibility index (Phi) is 3.24. The second-order valence-corrected chi connectivity index (χ2v) is 5.01. The van der Waals surface area contributed by atoms with Crippen molar-refractivity contribution >= 4 is 17.5 Å². The van der Waals surface area contributed by atoms with Crippen LogP contribution in [0.1, 0.15) is 23.6 Å². The van der Waals surface area contributed by atoms with Gasteiger partial charge in [-0.2, -0.15) is 0 Å². The minimum absolute atomic E-state index is 0.473. The van der Waals surface area contributed by atoms with Crippen LogP contribution in [0.15, 0.2) is 53.5 Å². The van der Waals surface area contributed by atoms with E-state index in [0.29, 0.717) is 23.1 Å². The van der Waals surface area contributed by atoms with Gasteiger partial charge in [-0.3, -0.25) is 0 Å². The molecule has 20 heavy (non-hydrogen) atoms. The number of benzene rings is 2. The van der Waals surface area contributed by atoms with Crippen molar-refractivity contribution in [3.63, 3.8) is 0 Å². The first-order valence-corrected chi connectivity index (χ1v) is 6.84. The Morgan fingerprint density at radius 1 is 1.15 bits per heavy atom. The van der Waals surface area contributed by atoms with Crippen LogP contribution in [0.5, 0.6) is 0 Å². The first-order chi connectivity index (χ1) is 9.65. The molecule has 0 aromatic heterocycles. The molecule has 1 atom stereocenters. The van der Waals surface area contributed by atoms with Gasteiger partial charge in [-0.15, -0.1) is 0 Å². The summed E-state index contributed by atoms with van der Waals surface area (Å²) in [6.45, 7) is 2.40. The fourth-order valence-corrected chi connectivity index (χ4v) is 2.52. The van der Waals surface area contributed by atoms with Crippen LogP contribution in [0, 0.1) is 0 Å². The average Bonchev–Trinajstić information content (AvgIpc) is 2.75. The van der Waals surface area contributed by atoms with E-state index in [1.54, 1.807) is 24.3 Å². The highest BCUT2D eigenvalue weighted by molar-refractivity contribution is 6.30. The molecule has 0 bridgehead atoms. The maximum absolute atomic E-state index is 11.0. The summed E-state index contributed by atoms with van der Waals surface area (Å²) in [6.07, 6.45) is 0. The Balaban J connectivity index is 2.15. The van der Waals surface area contributed by atoms with E-state index in [9.17, 15) is 5.11 Å². The van der Waals surface area contributed by atoms with Gasteiger partial charge in [0.2, 0.25) is 11.6 Å². The summed E-state index contributed by atoms with van der Waals surface area (Å²) in [5.74, 6) is 0.473. The van der Waals surface area contributed by atoms with Crippen molar-refractivity contribution in [2.75, 3.05) is 6.61 Å². The third-order valence-corrected chi connectivity index (χ3v) is 3.58. The predicted octanol–water partition coefficient (Wildman–Crippen LogP) is 3.33. The van der Waals surface area contributed by atoms with Crippen LogP contribution in [0.4, 0.5) is 0 Å². The lowest BCUT2D eigenvalue weighted by molar-refractivity contribution is 0.0931. The number of aliphatic hydroxyl groups is 1. The average molecular weight is 288 g/mol. The maximum atomic E-state index is 11.0. The van der Waals surface area contributed by atoms with Gasteiger partial charge >= 0.3 is 0 Å². The number of ether oxygens (including phenoxy) is 1. The van der Waals surface area contributed by atoms with Crippen molar-refractivity contribution in [1.29, 1.82) is 0 Å². The van der Waals surface area contributed by atoms with Gasteiger partial charge in [0.15, 0.2) is 0 Å². The normalized spacial score (nSPS) is 20.4. The lowest BCUT2D eigenvalue weighted by atomic mass is 9.94. The van der Waals surface area contributed by atoms with E-state index in [2.05, 4.69) is 4.99 Å². The van der Waals surface area contributed by atoms with Crippen LogP contribution >= 0.6 is 11.6 Å². The standard InChI is InChI=1S/C16H14ClNO2/c1-2-20-15-13-5-3-4-6-14(13)16(19,18-15)11-7-9-12(17)10-8-11/h3-10,19H,2H2,1H3. The Bertz CT molecular complexity index is 666. The second kappa shape index (κ2) is 4.93. The summed E-state index contributed by atoms with van der Waals surface area (Å²) in [5, 5.41) is 11.6. The highest BCUT2D eigenvalue weighted by atomic mass is 35.5. The zero-order valence-corrected chi connectivity index (χ0v) is 11.8. The molecule has 102 valence electrons. The van der Waals surface area contributed by atoms with E-state index in [1.165, 1.54) is 0 Å². The molecule has 0 aliphatic carbocycles. The number of halogens is 1. The number of hydrogen-bond donors (Lipinski definition) is 1. The summed E-state index contributed by atoms with van der Waals surface area (Å²) in [5.41, 5.74) is 0.813. The zero-order chi connectivity index (χ0) is 14.2. The van der Waals surface area contributed by atoms with Crippen molar-refractivity contribution in [3.8, 4) is 0 Å². The summed E-state index contributed by atoms with van der Waals surface area (Å²) >= 11 is 5.90. The fourth-order valence-electron chi connectivity index (χ4n) is 2.39. The molecule has 0 amide bonds. The molecule has 4 heteroatoms. The summed E-state index contributed by atoms with van der Waals surface area (Å²) in [6, 6.07) is 14.6. The van der Waals surface area contributed by atoms with E-state index in [-0.39, 0.29) is 0 Å². The van der Waals surface area contributed by atoms with Crippen molar-refractivity contribution in [2.24, 2.45) is 4.99 Å². The van der Waals surface area contributed by atoms with Crippen LogP contribution in [0.25, 0.3) is 0 Å². The maximum Gasteiger partial charge on any atom is 0.219 e. The van der Waals surface area contributed by atoms with Gasteiger partial charge in [0.1, 0.15) is 0 Å². The highest BCUT2D eigenvalue weighted by Crippen LogP contribution is 2.39. The molecule has 0 radical (unpaired) electrons. The quantitative estimate of drug-likeness (QED) is 0.920. The molecular formula is C16H14ClNO2. The van der Waals surface area contributed by atoms with Crippen molar-refractivity contribution in [3.05, 3.63) is 70.2 Å². The van der Waals surface area contributed by atoms with Gasteiger partial charge in [-0.1, -0.05) is 41.9 Å². The molecular weight excluding hydrogens is 274 g/mol. The molecule has 1 aliphatic rings. The number of aliphatic imine (C=N–C) groups is 1. The molecule has 2 aromatic rings. The van der Waals surface area contributed by atoms with Crippen LogP contribution in [-0.2, 0) is 10.5 Å². The fraction of sp³-hybridized carbons (Fsp3) is 0.188. The molecule has 0 saturated carbocycles. The van der Waals surface area contributed by atoms with Gasteiger partial charge in [0.05, 0.1) is 6.61 Å². The summed E-state index contributed by atoms with van der Waals surface area (Å²) < 4.78 is 5.53. The van der Waals surface area contributed by atoms with Crippen molar-refractivity contribution in [2.45, 2.75) is 12.6 Å². The minimum atomic E-state index is -1.41. The smallest absolute Gasteiger partial charge is 0.219 e. The summed E-state index contributed by atoms with van der Waals surface area (Å²) in [4.78, 5) is 4.38. The van der Waals surface area contributed by atoms with Crippen LogP contribution in [-0.4, -0.2) is 17.6 Å². The Hall–Kier alpha value is -1.84. The molecule has 2 aromatic carbocycles. The van der Waals surface area contributed by atoms with Gasteiger partial charge in [0, 0.05) is 21.7 Å². The molecule has 3 rings (SSSR count). The van der Waals surface area contributed by atoms with E-state index in [4.69, 9.17) is 16.3 Å². The lowest BCUT2D eigenvalue weighted by Crippen LogP contribution is -2.22. The topological polar surface area (TPSA) is 41.8 Å². The van der Waals surface area contributed by atoms with Gasteiger partial charge in [0.25, 0.3) is 0 Å². The van der Waals surface area contributed by atoms with Crippen LogP contribution < -0.4 is 0 Å². The minimum Gasteiger partial charge on any atom is -0.478 e. The Morgan fingerprint density at radius 3 is 2.55 bits per heavy atom. The third-order valence-electron chi connectivity index (χ3n) is 3.32. The molecule has 0 spiro atoms. The van der Waals surface area contributed by atoms with Crippen LogP contribution in [0.3, 0.4) is 0 Å². The third kappa shape index (κ3) is 1.99. The molecule has 1 N–H and O–H groups in total. The molecule has 1 aliphatic heterocycles. The molecule has 1 unspecified atom stereocenters. The Labute approximate surface area is 122 Å². The first kappa shape index (κ1) is 13.2. The second-order valence-electron chi connectivity index (χ2n) is 4.57. The number of hydrogen-bond acceptors (Lipinski definition) is 3. The molecule has 3 nitrogen and oxygen atoms in total. The monoisotopic (exact) mass is 287 g/mol. The first-order valence-electron chi connectivity index (χ1n) is 6.46. The number of fused-ring (bicyclic) bond motifs is 1. The van der Waals surface area contributed by atoms with E-state index >= 15 is 0 Å². The molecule has 0 fully saturated rings.